The molecule has 4 nitrogen and oxygen atoms in total. The average molecular weight is 182 g/mol. The number of nitrogens with one attached hydrogen (secondary N) is 2. The Kier molecular flexibility index (Phi) is 1.87. The molecule has 2 N–H and O–H groups in total. The van der Waals surface area contributed by atoms with Crippen molar-refractivity contribution in [3.05, 3.63) is 0 Å². The van der Waals surface area contributed by atoms with Crippen LogP contribution in [0.1, 0.15) is 26.2 Å². The summed E-state index contributed by atoms with van der Waals surface area (Å²) in [4.78, 5) is 22.5. The first-order valence-electron chi connectivity index (χ1n) is 4.72. The zero-order chi connectivity index (χ0) is 9.47. The van der Waals surface area contributed by atoms with Crippen molar-refractivity contribution in [2.45, 2.75) is 31.7 Å². The van der Waals surface area contributed by atoms with Gasteiger partial charge >= 0.3 is 0 Å². The molecule has 0 spiro atoms. The summed E-state index contributed by atoms with van der Waals surface area (Å²) in [6.45, 7) is 2.15. The summed E-state index contributed by atoms with van der Waals surface area (Å²) < 4.78 is 0. The van der Waals surface area contributed by atoms with Gasteiger partial charge in [0, 0.05) is 0 Å². The van der Waals surface area contributed by atoms with E-state index < -0.39 is 5.54 Å². The Labute approximate surface area is 77.1 Å². The monoisotopic (exact) mass is 182 g/mol. The molecule has 1 atom stereocenters. The maximum atomic E-state index is 11.6. The fraction of sp³-hybridized carbons (Fsp3) is 0.778. The Hall–Kier alpha value is -0.900. The highest BCUT2D eigenvalue weighted by molar-refractivity contribution is 6.03. The van der Waals surface area contributed by atoms with Crippen molar-refractivity contribution in [1.29, 1.82) is 0 Å². The molecule has 1 aliphatic heterocycles. The Morgan fingerprint density at radius 1 is 1.38 bits per heavy atom. The predicted molar refractivity (Wildman–Crippen MR) is 46.9 cm³/mol. The maximum Gasteiger partial charge on any atom is 0.246 e. The van der Waals surface area contributed by atoms with Crippen LogP contribution in [0, 0.1) is 5.92 Å². The second-order valence-electron chi connectivity index (χ2n) is 4.06. The number of rotatable bonds is 1. The molecule has 2 rings (SSSR count). The lowest BCUT2D eigenvalue weighted by atomic mass is 9.70. The van der Waals surface area contributed by atoms with Crippen molar-refractivity contribution < 1.29 is 9.59 Å². The first-order valence-corrected chi connectivity index (χ1v) is 4.72. The Bertz CT molecular complexity index is 260. The van der Waals surface area contributed by atoms with E-state index in [2.05, 4.69) is 10.6 Å². The summed E-state index contributed by atoms with van der Waals surface area (Å²) in [5, 5.41) is 5.41. The molecule has 0 aromatic carbocycles. The minimum absolute atomic E-state index is 0.159. The van der Waals surface area contributed by atoms with Gasteiger partial charge in [0.1, 0.15) is 0 Å². The zero-order valence-corrected chi connectivity index (χ0v) is 7.72. The molecule has 0 bridgehead atoms. The van der Waals surface area contributed by atoms with E-state index >= 15 is 0 Å². The minimum Gasteiger partial charge on any atom is -0.295 e. The van der Waals surface area contributed by atoms with Crippen LogP contribution in [0.3, 0.4) is 0 Å². The fourth-order valence-corrected chi connectivity index (χ4v) is 1.96. The van der Waals surface area contributed by atoms with Crippen LogP contribution in [0.2, 0.25) is 0 Å². The smallest absolute Gasteiger partial charge is 0.246 e. The molecule has 2 aliphatic rings. The van der Waals surface area contributed by atoms with Gasteiger partial charge in [0.2, 0.25) is 11.8 Å². The van der Waals surface area contributed by atoms with Crippen molar-refractivity contribution in [2.75, 3.05) is 6.54 Å². The third-order valence-corrected chi connectivity index (χ3v) is 3.26. The molecule has 72 valence electrons. The van der Waals surface area contributed by atoms with Gasteiger partial charge in [-0.1, -0.05) is 6.42 Å². The lowest BCUT2D eigenvalue weighted by molar-refractivity contribution is -0.140. The highest BCUT2D eigenvalue weighted by Gasteiger charge is 2.46. The second-order valence-corrected chi connectivity index (χ2v) is 4.06. The van der Waals surface area contributed by atoms with E-state index in [1.165, 1.54) is 6.42 Å². The van der Waals surface area contributed by atoms with Gasteiger partial charge < -0.3 is 0 Å². The van der Waals surface area contributed by atoms with E-state index in [-0.39, 0.29) is 18.4 Å². The molecule has 0 aromatic rings. The van der Waals surface area contributed by atoms with Crippen LogP contribution in [0.5, 0.6) is 0 Å². The van der Waals surface area contributed by atoms with Crippen LogP contribution in [0.15, 0.2) is 0 Å². The number of carbonyl (C=O) groups excluding carboxylic acids is 2. The normalized spacial score (nSPS) is 35.5. The van der Waals surface area contributed by atoms with Crippen molar-refractivity contribution in [2.24, 2.45) is 5.92 Å². The Balaban J connectivity index is 2.12. The largest absolute Gasteiger partial charge is 0.295 e. The van der Waals surface area contributed by atoms with Gasteiger partial charge in [-0.05, 0) is 25.7 Å². The first-order chi connectivity index (χ1) is 6.13. The summed E-state index contributed by atoms with van der Waals surface area (Å²) in [7, 11) is 0. The molecule has 4 heteroatoms. The van der Waals surface area contributed by atoms with Crippen LogP contribution >= 0.6 is 0 Å². The topological polar surface area (TPSA) is 58.2 Å². The molecule has 1 aliphatic carbocycles. The zero-order valence-electron chi connectivity index (χ0n) is 7.72. The number of hydrogen-bond acceptors (Lipinski definition) is 3. The van der Waals surface area contributed by atoms with Gasteiger partial charge in [-0.25, -0.2) is 0 Å². The second kappa shape index (κ2) is 2.80. The summed E-state index contributed by atoms with van der Waals surface area (Å²) in [6.07, 6.45) is 3.37. The SMILES string of the molecule is CC1(C2CCC2)NCC(=O)NC1=O. The highest BCUT2D eigenvalue weighted by Crippen LogP contribution is 2.36. The van der Waals surface area contributed by atoms with E-state index in [0.717, 1.165) is 12.8 Å². The van der Waals surface area contributed by atoms with Crippen LogP contribution in [0.25, 0.3) is 0 Å². The van der Waals surface area contributed by atoms with E-state index in [1.54, 1.807) is 0 Å². The van der Waals surface area contributed by atoms with Gasteiger partial charge in [-0.2, -0.15) is 0 Å². The highest BCUT2D eigenvalue weighted by atomic mass is 16.2. The lowest BCUT2D eigenvalue weighted by Gasteiger charge is -2.43. The number of hydrogen-bond donors (Lipinski definition) is 2. The predicted octanol–water partition coefficient (Wildman–Crippen LogP) is -0.209. The van der Waals surface area contributed by atoms with Gasteiger partial charge in [0.25, 0.3) is 0 Å². The summed E-state index contributed by atoms with van der Waals surface area (Å²) in [6, 6.07) is 0. The van der Waals surface area contributed by atoms with Crippen LogP contribution in [0.4, 0.5) is 0 Å². The molecule has 1 heterocycles. The molecular formula is C9H14N2O2. The molecule has 1 saturated heterocycles. The molecule has 1 saturated carbocycles. The first kappa shape index (κ1) is 8.69. The third kappa shape index (κ3) is 1.25. The van der Waals surface area contributed by atoms with Crippen molar-refractivity contribution >= 4 is 11.8 Å². The molecule has 0 aromatic heterocycles. The van der Waals surface area contributed by atoms with Gasteiger partial charge in [0.15, 0.2) is 0 Å². The lowest BCUT2D eigenvalue weighted by Crippen LogP contribution is -2.67. The van der Waals surface area contributed by atoms with E-state index in [4.69, 9.17) is 0 Å². The van der Waals surface area contributed by atoms with Crippen molar-refractivity contribution in [1.82, 2.24) is 10.6 Å². The summed E-state index contributed by atoms with van der Waals surface area (Å²) in [5.41, 5.74) is -0.508. The standard InChI is InChI=1S/C9H14N2O2/c1-9(6-3-2-4-6)8(13)11-7(12)5-10-9/h6,10H,2-5H2,1H3,(H,11,12,13). The van der Waals surface area contributed by atoms with Crippen LogP contribution < -0.4 is 10.6 Å². The number of carbonyl (C=O) groups is 2. The van der Waals surface area contributed by atoms with Gasteiger partial charge in [-0.15, -0.1) is 0 Å². The Morgan fingerprint density at radius 2 is 2.08 bits per heavy atom. The minimum atomic E-state index is -0.508. The fourth-order valence-electron chi connectivity index (χ4n) is 1.96. The van der Waals surface area contributed by atoms with Gasteiger partial charge in [0.05, 0.1) is 12.1 Å². The average Bonchev–Trinajstić information content (AvgIpc) is 1.95. The van der Waals surface area contributed by atoms with Crippen LogP contribution in [-0.4, -0.2) is 23.9 Å². The molecule has 0 radical (unpaired) electrons. The molecule has 2 amide bonds. The van der Waals surface area contributed by atoms with Crippen molar-refractivity contribution in [3.63, 3.8) is 0 Å². The van der Waals surface area contributed by atoms with E-state index in [0.29, 0.717) is 5.92 Å². The third-order valence-electron chi connectivity index (χ3n) is 3.26. The number of imide groups is 1. The Morgan fingerprint density at radius 3 is 2.54 bits per heavy atom. The number of amides is 2. The van der Waals surface area contributed by atoms with E-state index in [1.807, 2.05) is 6.92 Å². The summed E-state index contributed by atoms with van der Waals surface area (Å²) in [5.74, 6) is 0.0239. The number of piperazine rings is 1. The molecule has 1 unspecified atom stereocenters. The summed E-state index contributed by atoms with van der Waals surface area (Å²) >= 11 is 0. The van der Waals surface area contributed by atoms with Crippen molar-refractivity contribution in [3.8, 4) is 0 Å². The maximum absolute atomic E-state index is 11.6. The van der Waals surface area contributed by atoms with Crippen LogP contribution in [-0.2, 0) is 9.59 Å². The molecule has 2 fully saturated rings. The molecule has 13 heavy (non-hydrogen) atoms. The van der Waals surface area contributed by atoms with E-state index in [9.17, 15) is 9.59 Å². The quantitative estimate of drug-likeness (QED) is 0.552. The molecular weight excluding hydrogens is 168 g/mol. The van der Waals surface area contributed by atoms with Gasteiger partial charge in [-0.3, -0.25) is 20.2 Å².